The van der Waals surface area contributed by atoms with Gasteiger partial charge in [-0.2, -0.15) is 0 Å². The summed E-state index contributed by atoms with van der Waals surface area (Å²) < 4.78 is 0. The van der Waals surface area contributed by atoms with E-state index in [2.05, 4.69) is 0 Å². The Morgan fingerprint density at radius 3 is 2.21 bits per heavy atom. The lowest BCUT2D eigenvalue weighted by Gasteiger charge is -2.22. The molecule has 0 aromatic carbocycles. The summed E-state index contributed by atoms with van der Waals surface area (Å²) in [7, 11) is 0. The molecule has 0 aromatic rings. The molecule has 0 aromatic heterocycles. The summed E-state index contributed by atoms with van der Waals surface area (Å²) in [6.07, 6.45) is 1.14. The first-order valence-corrected chi connectivity index (χ1v) is 4.71. The van der Waals surface area contributed by atoms with E-state index in [1.807, 2.05) is 0 Å². The summed E-state index contributed by atoms with van der Waals surface area (Å²) in [4.78, 5) is 22.1. The third kappa shape index (κ3) is 0.507. The van der Waals surface area contributed by atoms with Gasteiger partial charge in [-0.3, -0.25) is 9.59 Å². The summed E-state index contributed by atoms with van der Waals surface area (Å²) >= 11 is 0. The molecule has 0 aliphatic heterocycles. The first-order valence-electron chi connectivity index (χ1n) is 4.71. The monoisotopic (exact) mass is 197 g/mol. The van der Waals surface area contributed by atoms with E-state index in [1.54, 1.807) is 0 Å². The number of carboxylic acids is 2. The quantitative estimate of drug-likeness (QED) is 0.554. The van der Waals surface area contributed by atoms with E-state index in [-0.39, 0.29) is 17.8 Å². The Morgan fingerprint density at radius 1 is 1.29 bits per heavy atom. The predicted octanol–water partition coefficient (Wildman–Crippen LogP) is -0.491. The van der Waals surface area contributed by atoms with Crippen LogP contribution in [0.3, 0.4) is 0 Å². The van der Waals surface area contributed by atoms with Crippen LogP contribution in [0.15, 0.2) is 0 Å². The van der Waals surface area contributed by atoms with Crippen LogP contribution in [0.2, 0.25) is 0 Å². The van der Waals surface area contributed by atoms with Gasteiger partial charge in [0.15, 0.2) is 0 Å². The van der Waals surface area contributed by atoms with Crippen molar-refractivity contribution in [3.8, 4) is 0 Å². The number of nitrogens with two attached hydrogens (primary N) is 1. The number of rotatable bonds is 2. The Kier molecular flexibility index (Phi) is 1.07. The van der Waals surface area contributed by atoms with Crippen LogP contribution in [0, 0.1) is 23.2 Å². The van der Waals surface area contributed by atoms with E-state index in [4.69, 9.17) is 15.9 Å². The average Bonchev–Trinajstić information content (AvgIpc) is 2.45. The molecule has 4 rings (SSSR count). The van der Waals surface area contributed by atoms with Crippen LogP contribution in [0.5, 0.6) is 0 Å². The maximum Gasteiger partial charge on any atom is 0.324 e. The van der Waals surface area contributed by atoms with Crippen LogP contribution >= 0.6 is 0 Å². The minimum absolute atomic E-state index is 0.0195. The minimum atomic E-state index is -1.26. The number of hydrogen-bond acceptors (Lipinski definition) is 3. The molecule has 0 amide bonds. The van der Waals surface area contributed by atoms with Crippen molar-refractivity contribution >= 4 is 11.9 Å². The summed E-state index contributed by atoms with van der Waals surface area (Å²) in [5.74, 6) is -2.33. The van der Waals surface area contributed by atoms with Gasteiger partial charge in [0.2, 0.25) is 0 Å². The summed E-state index contributed by atoms with van der Waals surface area (Å²) in [5, 5.41) is 18.1. The van der Waals surface area contributed by atoms with Gasteiger partial charge in [-0.25, -0.2) is 0 Å². The molecule has 5 atom stereocenters. The summed E-state index contributed by atoms with van der Waals surface area (Å²) in [6, 6.07) is 0. The SMILES string of the molecule is NC1(C(=O)O)C2CC3C1C3(C(=O)O)C2. The molecule has 76 valence electrons. The Hall–Kier alpha value is -1.10. The Labute approximate surface area is 79.9 Å². The third-order valence-corrected chi connectivity index (χ3v) is 4.59. The van der Waals surface area contributed by atoms with Gasteiger partial charge in [0, 0.05) is 5.92 Å². The van der Waals surface area contributed by atoms with E-state index in [1.165, 1.54) is 0 Å². The Morgan fingerprint density at radius 2 is 1.93 bits per heavy atom. The molecule has 5 unspecified atom stereocenters. The Balaban J connectivity index is 2.06. The molecule has 0 saturated heterocycles. The van der Waals surface area contributed by atoms with Crippen molar-refractivity contribution in [2.24, 2.45) is 28.9 Å². The molecule has 0 radical (unpaired) electrons. The second-order valence-corrected chi connectivity index (χ2v) is 4.80. The van der Waals surface area contributed by atoms with Crippen molar-refractivity contribution in [3.63, 3.8) is 0 Å². The van der Waals surface area contributed by atoms with Gasteiger partial charge >= 0.3 is 11.9 Å². The zero-order valence-electron chi connectivity index (χ0n) is 7.43. The minimum Gasteiger partial charge on any atom is -0.481 e. The zero-order valence-corrected chi connectivity index (χ0v) is 7.43. The van der Waals surface area contributed by atoms with Gasteiger partial charge in [0.1, 0.15) is 5.54 Å². The molecule has 0 spiro atoms. The molecule has 0 heterocycles. The molecule has 5 heteroatoms. The lowest BCUT2D eigenvalue weighted by Crippen LogP contribution is -2.51. The lowest BCUT2D eigenvalue weighted by molar-refractivity contribution is -0.145. The van der Waals surface area contributed by atoms with Crippen LogP contribution in [-0.4, -0.2) is 27.7 Å². The van der Waals surface area contributed by atoms with Crippen molar-refractivity contribution in [1.29, 1.82) is 0 Å². The number of hydrogen-bond donors (Lipinski definition) is 3. The molecule has 4 aliphatic carbocycles. The Bertz CT molecular complexity index is 368. The lowest BCUT2D eigenvalue weighted by atomic mass is 9.90. The fraction of sp³-hybridized carbons (Fsp3) is 0.778. The molecular weight excluding hydrogens is 186 g/mol. The first-order chi connectivity index (χ1) is 6.45. The maximum absolute atomic E-state index is 11.1. The van der Waals surface area contributed by atoms with E-state index < -0.39 is 22.9 Å². The third-order valence-electron chi connectivity index (χ3n) is 4.59. The van der Waals surface area contributed by atoms with Crippen molar-refractivity contribution in [2.45, 2.75) is 18.4 Å². The largest absolute Gasteiger partial charge is 0.481 e. The van der Waals surface area contributed by atoms with Crippen LogP contribution < -0.4 is 5.73 Å². The van der Waals surface area contributed by atoms with Gasteiger partial charge in [0.05, 0.1) is 5.41 Å². The maximum atomic E-state index is 11.1. The number of aliphatic carboxylic acids is 2. The van der Waals surface area contributed by atoms with Crippen LogP contribution in [-0.2, 0) is 9.59 Å². The van der Waals surface area contributed by atoms with Crippen LogP contribution in [0.25, 0.3) is 0 Å². The predicted molar refractivity (Wildman–Crippen MR) is 44.3 cm³/mol. The summed E-state index contributed by atoms with van der Waals surface area (Å²) in [5.41, 5.74) is 3.79. The zero-order chi connectivity index (χ0) is 10.3. The molecule has 4 bridgehead atoms. The highest BCUT2D eigenvalue weighted by atomic mass is 16.4. The van der Waals surface area contributed by atoms with Gasteiger partial charge in [-0.05, 0) is 24.7 Å². The van der Waals surface area contributed by atoms with Gasteiger partial charge in [-0.15, -0.1) is 0 Å². The van der Waals surface area contributed by atoms with Crippen molar-refractivity contribution in [1.82, 2.24) is 0 Å². The first kappa shape index (κ1) is 8.23. The van der Waals surface area contributed by atoms with Crippen molar-refractivity contribution in [2.75, 3.05) is 0 Å². The van der Waals surface area contributed by atoms with E-state index in [0.29, 0.717) is 12.8 Å². The second kappa shape index (κ2) is 1.82. The molecule has 4 aliphatic rings. The highest BCUT2D eigenvalue weighted by molar-refractivity contribution is 5.90. The number of carboxylic acid groups (broad SMARTS) is 2. The van der Waals surface area contributed by atoms with Crippen LogP contribution in [0.1, 0.15) is 12.8 Å². The molecule has 5 nitrogen and oxygen atoms in total. The highest BCUT2D eigenvalue weighted by Crippen LogP contribution is 2.81. The standard InChI is InChI=1S/C9H11NO4/c10-9(7(13)14)3-1-4-5(9)8(4,2-3)6(11)12/h3-5H,1-2,10H2,(H,11,12)(H,13,14). The molecule has 4 fully saturated rings. The molecule has 4 N–H and O–H groups in total. The van der Waals surface area contributed by atoms with Crippen LogP contribution in [0.4, 0.5) is 0 Å². The van der Waals surface area contributed by atoms with Gasteiger partial charge in [0.25, 0.3) is 0 Å². The molecule has 4 saturated carbocycles. The second-order valence-electron chi connectivity index (χ2n) is 4.80. The summed E-state index contributed by atoms with van der Waals surface area (Å²) in [6.45, 7) is 0. The van der Waals surface area contributed by atoms with E-state index in [0.717, 1.165) is 0 Å². The van der Waals surface area contributed by atoms with Gasteiger partial charge < -0.3 is 15.9 Å². The van der Waals surface area contributed by atoms with Gasteiger partial charge in [-0.1, -0.05) is 0 Å². The van der Waals surface area contributed by atoms with Crippen molar-refractivity contribution < 1.29 is 19.8 Å². The smallest absolute Gasteiger partial charge is 0.324 e. The fourth-order valence-corrected chi connectivity index (χ4v) is 4.00. The van der Waals surface area contributed by atoms with Crippen molar-refractivity contribution in [3.05, 3.63) is 0 Å². The number of carbonyl (C=O) groups is 2. The van der Waals surface area contributed by atoms with E-state index in [9.17, 15) is 9.59 Å². The normalized spacial score (nSPS) is 57.4. The average molecular weight is 197 g/mol. The molecule has 14 heavy (non-hydrogen) atoms. The topological polar surface area (TPSA) is 101 Å². The highest BCUT2D eigenvalue weighted by Gasteiger charge is 2.88. The van der Waals surface area contributed by atoms with E-state index >= 15 is 0 Å². The molecular formula is C9H11NO4. The fourth-order valence-electron chi connectivity index (χ4n) is 4.00.